The average molecular weight is 342 g/mol. The minimum absolute atomic E-state index is 0.0819. The van der Waals surface area contributed by atoms with Crippen molar-refractivity contribution in [1.82, 2.24) is 5.32 Å². The molecule has 0 atom stereocenters. The van der Waals surface area contributed by atoms with Gasteiger partial charge in [-0.3, -0.25) is 9.59 Å². The highest BCUT2D eigenvalue weighted by atomic mass is 79.9. The second-order valence-corrected chi connectivity index (χ2v) is 6.00. The molecule has 1 amide bonds. The molecule has 0 aliphatic carbocycles. The van der Waals surface area contributed by atoms with E-state index in [9.17, 15) is 9.59 Å². The van der Waals surface area contributed by atoms with Crippen molar-refractivity contribution in [3.05, 3.63) is 27.7 Å². The van der Waals surface area contributed by atoms with Crippen molar-refractivity contribution in [2.75, 3.05) is 13.2 Å². The molecule has 4 nitrogen and oxygen atoms in total. The molecule has 1 aromatic rings. The summed E-state index contributed by atoms with van der Waals surface area (Å²) in [6, 6.07) is 3.52. The van der Waals surface area contributed by atoms with Gasteiger partial charge in [-0.15, -0.1) is 0 Å². The third kappa shape index (κ3) is 5.33. The number of aryl methyl sites for hydroxylation is 1. The van der Waals surface area contributed by atoms with Crippen LogP contribution < -0.4 is 10.1 Å². The number of carbonyl (C=O) groups excluding carboxylic acids is 2. The number of hydrogen-bond donors (Lipinski definition) is 1. The van der Waals surface area contributed by atoms with Gasteiger partial charge in [0.15, 0.2) is 12.9 Å². The number of aldehydes is 1. The zero-order valence-electron chi connectivity index (χ0n) is 12.0. The first kappa shape index (κ1) is 16.7. The van der Waals surface area contributed by atoms with Gasteiger partial charge in [-0.25, -0.2) is 0 Å². The topological polar surface area (TPSA) is 55.4 Å². The summed E-state index contributed by atoms with van der Waals surface area (Å²) in [4.78, 5) is 22.7. The van der Waals surface area contributed by atoms with Crippen LogP contribution >= 0.6 is 15.9 Å². The molecule has 0 spiro atoms. The van der Waals surface area contributed by atoms with E-state index in [-0.39, 0.29) is 12.5 Å². The van der Waals surface area contributed by atoms with Crippen molar-refractivity contribution in [1.29, 1.82) is 0 Å². The fraction of sp³-hybridized carbons (Fsp3) is 0.467. The van der Waals surface area contributed by atoms with Crippen LogP contribution in [0.25, 0.3) is 0 Å². The Labute approximate surface area is 128 Å². The lowest BCUT2D eigenvalue weighted by Gasteiger charge is -2.12. The summed E-state index contributed by atoms with van der Waals surface area (Å²) in [7, 11) is 0. The molecule has 0 saturated heterocycles. The third-order valence-corrected chi connectivity index (χ3v) is 3.24. The van der Waals surface area contributed by atoms with Crippen molar-refractivity contribution in [3.8, 4) is 5.75 Å². The van der Waals surface area contributed by atoms with Crippen LogP contribution in [0.1, 0.15) is 36.2 Å². The number of benzene rings is 1. The summed E-state index contributed by atoms with van der Waals surface area (Å²) in [5.41, 5.74) is 1.25. The fourth-order valence-corrected chi connectivity index (χ4v) is 2.32. The normalized spacial score (nSPS) is 10.4. The monoisotopic (exact) mass is 341 g/mol. The van der Waals surface area contributed by atoms with Crippen LogP contribution in [0.5, 0.6) is 5.75 Å². The molecule has 0 aromatic heterocycles. The van der Waals surface area contributed by atoms with Gasteiger partial charge in [0.1, 0.15) is 5.75 Å². The average Bonchev–Trinajstić information content (AvgIpc) is 2.36. The van der Waals surface area contributed by atoms with E-state index in [0.717, 1.165) is 22.7 Å². The van der Waals surface area contributed by atoms with E-state index < -0.39 is 0 Å². The zero-order chi connectivity index (χ0) is 15.1. The van der Waals surface area contributed by atoms with Crippen LogP contribution in [0.2, 0.25) is 0 Å². The summed E-state index contributed by atoms with van der Waals surface area (Å²) in [5.74, 6) is 0.832. The highest BCUT2D eigenvalue weighted by Gasteiger charge is 2.10. The molecule has 0 radical (unpaired) electrons. The van der Waals surface area contributed by atoms with Gasteiger partial charge < -0.3 is 10.1 Å². The van der Waals surface area contributed by atoms with Crippen LogP contribution in [0.4, 0.5) is 0 Å². The lowest BCUT2D eigenvalue weighted by Crippen LogP contribution is -2.30. The smallest absolute Gasteiger partial charge is 0.257 e. The van der Waals surface area contributed by atoms with Crippen molar-refractivity contribution < 1.29 is 14.3 Å². The molecule has 1 rings (SSSR count). The van der Waals surface area contributed by atoms with Gasteiger partial charge in [-0.05, 0) is 37.0 Å². The van der Waals surface area contributed by atoms with E-state index in [2.05, 4.69) is 35.1 Å². The van der Waals surface area contributed by atoms with E-state index in [1.54, 1.807) is 6.07 Å². The zero-order valence-corrected chi connectivity index (χ0v) is 13.6. The summed E-state index contributed by atoms with van der Waals surface area (Å²) in [6.45, 7) is 6.60. The molecule has 0 bridgehead atoms. The quantitative estimate of drug-likeness (QED) is 0.775. The maximum atomic E-state index is 11.6. The Morgan fingerprint density at radius 1 is 1.45 bits per heavy atom. The Hall–Kier alpha value is -1.36. The Morgan fingerprint density at radius 3 is 2.75 bits per heavy atom. The van der Waals surface area contributed by atoms with Gasteiger partial charge in [0.2, 0.25) is 0 Å². The molecule has 20 heavy (non-hydrogen) atoms. The van der Waals surface area contributed by atoms with Crippen LogP contribution in [0.3, 0.4) is 0 Å². The van der Waals surface area contributed by atoms with Crippen molar-refractivity contribution in [2.45, 2.75) is 27.2 Å². The van der Waals surface area contributed by atoms with Gasteiger partial charge in [0, 0.05) is 11.0 Å². The molecular weight excluding hydrogens is 322 g/mol. The Kier molecular flexibility index (Phi) is 6.71. The second-order valence-electron chi connectivity index (χ2n) is 5.08. The predicted molar refractivity (Wildman–Crippen MR) is 82.2 cm³/mol. The minimum atomic E-state index is -0.176. The van der Waals surface area contributed by atoms with E-state index in [1.165, 1.54) is 0 Å². The predicted octanol–water partition coefficient (Wildman–Crippen LogP) is 3.11. The van der Waals surface area contributed by atoms with E-state index >= 15 is 0 Å². The third-order valence-electron chi connectivity index (χ3n) is 2.79. The Bertz CT molecular complexity index is 486. The number of halogens is 1. The Balaban J connectivity index is 2.57. The lowest BCUT2D eigenvalue weighted by atomic mass is 10.1. The van der Waals surface area contributed by atoms with Gasteiger partial charge >= 0.3 is 0 Å². The molecule has 0 fully saturated rings. The van der Waals surface area contributed by atoms with E-state index in [4.69, 9.17) is 4.74 Å². The molecule has 1 aromatic carbocycles. The molecule has 0 saturated carbocycles. The molecule has 110 valence electrons. The largest absolute Gasteiger partial charge is 0.483 e. The first-order chi connectivity index (χ1) is 9.43. The molecule has 1 N–H and O–H groups in total. The number of amides is 1. The van der Waals surface area contributed by atoms with Crippen LogP contribution in [-0.2, 0) is 4.79 Å². The summed E-state index contributed by atoms with van der Waals surface area (Å²) >= 11 is 3.32. The maximum Gasteiger partial charge on any atom is 0.257 e. The van der Waals surface area contributed by atoms with Crippen LogP contribution in [0, 0.1) is 12.8 Å². The summed E-state index contributed by atoms with van der Waals surface area (Å²) in [6.07, 6.45) is 1.66. The number of hydrogen-bond acceptors (Lipinski definition) is 3. The number of carbonyl (C=O) groups is 2. The molecule has 0 heterocycles. The highest BCUT2D eigenvalue weighted by Crippen LogP contribution is 2.26. The number of nitrogens with one attached hydrogen (secondary N) is 1. The van der Waals surface area contributed by atoms with Crippen LogP contribution in [0.15, 0.2) is 16.6 Å². The molecule has 0 aliphatic rings. The summed E-state index contributed by atoms with van der Waals surface area (Å²) in [5, 5.41) is 2.79. The van der Waals surface area contributed by atoms with Gasteiger partial charge in [0.25, 0.3) is 5.91 Å². The van der Waals surface area contributed by atoms with Gasteiger partial charge in [-0.2, -0.15) is 0 Å². The lowest BCUT2D eigenvalue weighted by molar-refractivity contribution is -0.123. The second kappa shape index (κ2) is 8.04. The highest BCUT2D eigenvalue weighted by molar-refractivity contribution is 9.10. The first-order valence-corrected chi connectivity index (χ1v) is 7.38. The van der Waals surface area contributed by atoms with Gasteiger partial charge in [-0.1, -0.05) is 29.8 Å². The minimum Gasteiger partial charge on any atom is -0.483 e. The first-order valence-electron chi connectivity index (χ1n) is 6.59. The van der Waals surface area contributed by atoms with E-state index in [1.807, 2.05) is 13.0 Å². The van der Waals surface area contributed by atoms with Crippen molar-refractivity contribution >= 4 is 28.1 Å². The van der Waals surface area contributed by atoms with Crippen molar-refractivity contribution in [3.63, 3.8) is 0 Å². The standard InChI is InChI=1S/C15H20BrNO3/c1-10(2)4-5-17-14(19)9-20-15-11(3)6-13(16)7-12(15)8-18/h6-8,10H,4-5,9H2,1-3H3,(H,17,19). The Morgan fingerprint density at radius 2 is 2.15 bits per heavy atom. The SMILES string of the molecule is Cc1cc(Br)cc(C=O)c1OCC(=O)NCCC(C)C. The van der Waals surface area contributed by atoms with Crippen molar-refractivity contribution in [2.24, 2.45) is 5.92 Å². The van der Waals surface area contributed by atoms with E-state index in [0.29, 0.717) is 23.8 Å². The summed E-state index contributed by atoms with van der Waals surface area (Å²) < 4.78 is 6.28. The van der Waals surface area contributed by atoms with Gasteiger partial charge in [0.05, 0.1) is 5.56 Å². The fourth-order valence-electron chi connectivity index (χ4n) is 1.73. The molecule has 0 aliphatic heterocycles. The molecule has 5 heteroatoms. The molecular formula is C15H20BrNO3. The maximum absolute atomic E-state index is 11.6. The molecule has 0 unspecified atom stereocenters. The van der Waals surface area contributed by atoms with Crippen LogP contribution in [-0.4, -0.2) is 25.3 Å². The number of rotatable bonds is 7. The number of ether oxygens (including phenoxy) is 1.